The number of ether oxygens (including phenoxy) is 1. The molecule has 1 atom stereocenters. The van der Waals surface area contributed by atoms with Gasteiger partial charge in [-0.3, -0.25) is 4.79 Å². The zero-order valence-electron chi connectivity index (χ0n) is 11.7. The molecule has 0 aromatic carbocycles. The quantitative estimate of drug-likeness (QED) is 0.616. The number of aryl methyl sites for hydroxylation is 1. The first-order valence-corrected chi connectivity index (χ1v) is 6.42. The first kappa shape index (κ1) is 15.6. The molecular weight excluding hydrogens is 248 g/mol. The Morgan fingerprint density at radius 3 is 2.89 bits per heavy atom. The van der Waals surface area contributed by atoms with Crippen LogP contribution in [0, 0.1) is 6.92 Å². The minimum absolute atomic E-state index is 0.0159. The highest BCUT2D eigenvalue weighted by Gasteiger charge is 2.11. The average molecular weight is 270 g/mol. The molecule has 0 fully saturated rings. The molecule has 0 bridgehead atoms. The summed E-state index contributed by atoms with van der Waals surface area (Å²) < 4.78 is 9.89. The predicted molar refractivity (Wildman–Crippen MR) is 69.7 cm³/mol. The highest BCUT2D eigenvalue weighted by Crippen LogP contribution is 1.96. The van der Waals surface area contributed by atoms with Gasteiger partial charge in [-0.15, -0.1) is 0 Å². The van der Waals surface area contributed by atoms with E-state index in [-0.39, 0.29) is 11.9 Å². The lowest BCUT2D eigenvalue weighted by molar-refractivity contribution is -0.122. The van der Waals surface area contributed by atoms with E-state index in [4.69, 9.17) is 9.26 Å². The Kier molecular flexibility index (Phi) is 7.06. The number of amides is 1. The number of hydrogen-bond donors (Lipinski definition) is 2. The van der Waals surface area contributed by atoms with Crippen LogP contribution in [0.4, 0.5) is 0 Å². The van der Waals surface area contributed by atoms with Gasteiger partial charge in [0.15, 0.2) is 5.82 Å². The summed E-state index contributed by atoms with van der Waals surface area (Å²) in [5.41, 5.74) is 0. The van der Waals surface area contributed by atoms with E-state index in [2.05, 4.69) is 20.8 Å². The number of carbonyl (C=O) groups is 1. The summed E-state index contributed by atoms with van der Waals surface area (Å²) in [5.74, 6) is 1.19. The molecule has 2 N–H and O–H groups in total. The van der Waals surface area contributed by atoms with Crippen molar-refractivity contribution in [2.45, 2.75) is 32.7 Å². The lowest BCUT2D eigenvalue weighted by Crippen LogP contribution is -2.43. The number of aromatic nitrogens is 2. The van der Waals surface area contributed by atoms with Crippen molar-refractivity contribution in [1.29, 1.82) is 0 Å². The zero-order valence-corrected chi connectivity index (χ0v) is 11.7. The molecule has 7 nitrogen and oxygen atoms in total. The van der Waals surface area contributed by atoms with Crippen LogP contribution in [-0.2, 0) is 16.0 Å². The van der Waals surface area contributed by atoms with E-state index >= 15 is 0 Å². The first-order valence-electron chi connectivity index (χ1n) is 6.42. The molecule has 0 saturated heterocycles. The van der Waals surface area contributed by atoms with Gasteiger partial charge in [-0.05, 0) is 20.3 Å². The Labute approximate surface area is 113 Å². The van der Waals surface area contributed by atoms with Crippen LogP contribution in [0.15, 0.2) is 4.52 Å². The van der Waals surface area contributed by atoms with E-state index in [0.717, 1.165) is 6.42 Å². The third-order valence-electron chi connectivity index (χ3n) is 2.58. The molecule has 1 aromatic rings. The van der Waals surface area contributed by atoms with Gasteiger partial charge in [0.2, 0.25) is 11.8 Å². The van der Waals surface area contributed by atoms with Gasteiger partial charge in [0, 0.05) is 33.2 Å². The zero-order chi connectivity index (χ0) is 14.1. The van der Waals surface area contributed by atoms with Crippen LogP contribution in [0.5, 0.6) is 0 Å². The van der Waals surface area contributed by atoms with E-state index < -0.39 is 0 Å². The molecule has 0 spiro atoms. The van der Waals surface area contributed by atoms with Crippen LogP contribution < -0.4 is 10.6 Å². The molecule has 1 aromatic heterocycles. The molecule has 0 aliphatic carbocycles. The maximum atomic E-state index is 11.7. The maximum absolute atomic E-state index is 11.7. The molecular formula is C12H22N4O3. The van der Waals surface area contributed by atoms with Gasteiger partial charge in [-0.2, -0.15) is 4.98 Å². The SMILES string of the molecule is COCCCNC(=O)C(C)NCCc1nc(C)no1. The van der Waals surface area contributed by atoms with Gasteiger partial charge < -0.3 is 19.9 Å². The van der Waals surface area contributed by atoms with Crippen LogP contribution in [0.3, 0.4) is 0 Å². The molecule has 108 valence electrons. The fraction of sp³-hybridized carbons (Fsp3) is 0.750. The number of methoxy groups -OCH3 is 1. The summed E-state index contributed by atoms with van der Waals surface area (Å²) in [6.07, 6.45) is 1.43. The van der Waals surface area contributed by atoms with Crippen molar-refractivity contribution >= 4 is 5.91 Å². The molecule has 0 radical (unpaired) electrons. The van der Waals surface area contributed by atoms with Crippen molar-refractivity contribution in [3.8, 4) is 0 Å². The van der Waals surface area contributed by atoms with Crippen LogP contribution in [0.25, 0.3) is 0 Å². The minimum atomic E-state index is -0.244. The van der Waals surface area contributed by atoms with Crippen LogP contribution >= 0.6 is 0 Å². The molecule has 0 saturated carbocycles. The molecule has 1 amide bonds. The highest BCUT2D eigenvalue weighted by atomic mass is 16.5. The third kappa shape index (κ3) is 6.30. The van der Waals surface area contributed by atoms with Gasteiger partial charge in [-0.1, -0.05) is 5.16 Å². The summed E-state index contributed by atoms with van der Waals surface area (Å²) in [4.78, 5) is 15.8. The van der Waals surface area contributed by atoms with E-state index in [1.807, 2.05) is 6.92 Å². The number of rotatable bonds is 9. The standard InChI is InChI=1S/C12H22N4O3/c1-9(12(17)14-6-4-8-18-3)13-7-5-11-15-10(2)16-19-11/h9,13H,4-8H2,1-3H3,(H,14,17). The molecule has 1 rings (SSSR count). The van der Waals surface area contributed by atoms with Gasteiger partial charge in [0.05, 0.1) is 6.04 Å². The van der Waals surface area contributed by atoms with Crippen LogP contribution in [0.2, 0.25) is 0 Å². The Bertz CT molecular complexity index is 381. The largest absolute Gasteiger partial charge is 0.385 e. The van der Waals surface area contributed by atoms with Crippen molar-refractivity contribution < 1.29 is 14.1 Å². The van der Waals surface area contributed by atoms with Crippen molar-refractivity contribution in [2.75, 3.05) is 26.8 Å². The maximum Gasteiger partial charge on any atom is 0.236 e. The minimum Gasteiger partial charge on any atom is -0.385 e. The molecule has 7 heteroatoms. The van der Waals surface area contributed by atoms with Gasteiger partial charge in [-0.25, -0.2) is 0 Å². The summed E-state index contributed by atoms with van der Waals surface area (Å²) >= 11 is 0. The lowest BCUT2D eigenvalue weighted by Gasteiger charge is -2.13. The fourth-order valence-electron chi connectivity index (χ4n) is 1.51. The molecule has 0 aliphatic heterocycles. The van der Waals surface area contributed by atoms with E-state index in [9.17, 15) is 4.79 Å². The monoisotopic (exact) mass is 270 g/mol. The first-order chi connectivity index (χ1) is 9.13. The fourth-order valence-corrected chi connectivity index (χ4v) is 1.51. The van der Waals surface area contributed by atoms with Crippen molar-refractivity contribution in [1.82, 2.24) is 20.8 Å². The molecule has 1 unspecified atom stereocenters. The Morgan fingerprint density at radius 1 is 1.47 bits per heavy atom. The number of hydrogen-bond acceptors (Lipinski definition) is 6. The average Bonchev–Trinajstić information content (AvgIpc) is 2.80. The predicted octanol–water partition coefficient (Wildman–Crippen LogP) is 0.0513. The Morgan fingerprint density at radius 2 is 2.26 bits per heavy atom. The second-order valence-corrected chi connectivity index (χ2v) is 4.30. The molecule has 1 heterocycles. The van der Waals surface area contributed by atoms with Crippen LogP contribution in [-0.4, -0.2) is 48.9 Å². The second-order valence-electron chi connectivity index (χ2n) is 4.30. The topological polar surface area (TPSA) is 89.3 Å². The van der Waals surface area contributed by atoms with E-state index in [0.29, 0.717) is 37.8 Å². The lowest BCUT2D eigenvalue weighted by atomic mass is 10.3. The third-order valence-corrected chi connectivity index (χ3v) is 2.58. The van der Waals surface area contributed by atoms with Gasteiger partial charge in [0.25, 0.3) is 0 Å². The van der Waals surface area contributed by atoms with Crippen LogP contribution in [0.1, 0.15) is 25.1 Å². The number of nitrogens with one attached hydrogen (secondary N) is 2. The summed E-state index contributed by atoms with van der Waals surface area (Å²) in [6, 6.07) is -0.244. The normalized spacial score (nSPS) is 12.4. The Balaban J connectivity index is 2.12. The number of nitrogens with zero attached hydrogens (tertiary/aromatic N) is 2. The van der Waals surface area contributed by atoms with Gasteiger partial charge >= 0.3 is 0 Å². The van der Waals surface area contributed by atoms with Crippen molar-refractivity contribution in [2.24, 2.45) is 0 Å². The summed E-state index contributed by atoms with van der Waals surface area (Å²) in [6.45, 7) is 5.50. The molecule has 19 heavy (non-hydrogen) atoms. The van der Waals surface area contributed by atoms with Gasteiger partial charge in [0.1, 0.15) is 0 Å². The Hall–Kier alpha value is -1.47. The van der Waals surface area contributed by atoms with E-state index in [1.54, 1.807) is 14.0 Å². The van der Waals surface area contributed by atoms with Crippen molar-refractivity contribution in [3.05, 3.63) is 11.7 Å². The highest BCUT2D eigenvalue weighted by molar-refractivity contribution is 5.81. The summed E-state index contributed by atoms with van der Waals surface area (Å²) in [5, 5.41) is 9.65. The smallest absolute Gasteiger partial charge is 0.236 e. The van der Waals surface area contributed by atoms with Crippen molar-refractivity contribution in [3.63, 3.8) is 0 Å². The number of carbonyl (C=O) groups excluding carboxylic acids is 1. The second kappa shape index (κ2) is 8.60. The molecule has 0 aliphatic rings. The summed E-state index contributed by atoms with van der Waals surface area (Å²) in [7, 11) is 1.64. The van der Waals surface area contributed by atoms with E-state index in [1.165, 1.54) is 0 Å².